The fourth-order valence-electron chi connectivity index (χ4n) is 4.78. The van der Waals surface area contributed by atoms with Crippen molar-refractivity contribution in [1.82, 2.24) is 19.6 Å². The number of nitrogens with zero attached hydrogens (tertiary/aromatic N) is 3. The molecule has 0 aromatic carbocycles. The van der Waals surface area contributed by atoms with E-state index in [-0.39, 0.29) is 35.0 Å². The van der Waals surface area contributed by atoms with Gasteiger partial charge in [-0.3, -0.25) is 4.79 Å². The second kappa shape index (κ2) is 7.36. The summed E-state index contributed by atoms with van der Waals surface area (Å²) in [6, 6.07) is 3.26. The van der Waals surface area contributed by atoms with E-state index in [9.17, 15) is 22.8 Å². The molecule has 33 heavy (non-hydrogen) atoms. The summed E-state index contributed by atoms with van der Waals surface area (Å²) in [5, 5.41) is 2.90. The van der Waals surface area contributed by atoms with Gasteiger partial charge >= 0.3 is 12.3 Å². The van der Waals surface area contributed by atoms with E-state index in [2.05, 4.69) is 10.3 Å². The van der Waals surface area contributed by atoms with Gasteiger partial charge in [0.2, 0.25) is 5.91 Å². The van der Waals surface area contributed by atoms with Crippen LogP contribution in [-0.2, 0) is 21.2 Å². The number of rotatable bonds is 3. The van der Waals surface area contributed by atoms with Crippen LogP contribution in [0.15, 0.2) is 18.3 Å². The number of hydrogen-bond acceptors (Lipinski definition) is 4. The third-order valence-electron chi connectivity index (χ3n) is 6.28. The molecule has 1 N–H and O–H groups in total. The van der Waals surface area contributed by atoms with Crippen LogP contribution in [0.3, 0.4) is 0 Å². The Morgan fingerprint density at radius 1 is 1.12 bits per heavy atom. The molecule has 1 saturated heterocycles. The monoisotopic (exact) mass is 466 g/mol. The van der Waals surface area contributed by atoms with Crippen LogP contribution in [0.2, 0.25) is 0 Å². The third-order valence-corrected chi connectivity index (χ3v) is 6.28. The number of fused-ring (bicyclic) bond motifs is 2. The molecule has 180 valence electrons. The summed E-state index contributed by atoms with van der Waals surface area (Å²) in [5.41, 5.74) is -2.26. The van der Waals surface area contributed by atoms with E-state index >= 15 is 0 Å². The fraction of sp³-hybridized carbons (Fsp3) is 0.609. The minimum Gasteiger partial charge on any atom is -0.444 e. The number of hydrogen-bond donors (Lipinski definition) is 1. The molecule has 2 aliphatic rings. The van der Waals surface area contributed by atoms with Crippen molar-refractivity contribution in [3.8, 4) is 0 Å². The zero-order chi connectivity index (χ0) is 24.5. The second-order valence-electron chi connectivity index (χ2n) is 10.5. The predicted molar refractivity (Wildman–Crippen MR) is 114 cm³/mol. The first-order valence-electron chi connectivity index (χ1n) is 11.0. The van der Waals surface area contributed by atoms with Gasteiger partial charge < -0.3 is 19.4 Å². The van der Waals surface area contributed by atoms with Crippen molar-refractivity contribution in [2.75, 3.05) is 13.1 Å². The summed E-state index contributed by atoms with van der Waals surface area (Å²) in [5.74, 6) is -0.352. The molecule has 2 aromatic rings. The topological polar surface area (TPSA) is 75.9 Å². The Bertz CT molecular complexity index is 1100. The molecular weight excluding hydrogens is 437 g/mol. The van der Waals surface area contributed by atoms with Crippen LogP contribution in [0.25, 0.3) is 5.52 Å². The van der Waals surface area contributed by atoms with E-state index in [1.807, 2.05) is 0 Å². The molecule has 1 saturated carbocycles. The molecule has 0 spiro atoms. The highest BCUT2D eigenvalue weighted by atomic mass is 19.4. The summed E-state index contributed by atoms with van der Waals surface area (Å²) in [6.45, 7) is 11.1. The van der Waals surface area contributed by atoms with Crippen molar-refractivity contribution >= 4 is 17.5 Å². The zero-order valence-corrected chi connectivity index (χ0v) is 19.6. The third kappa shape index (κ3) is 4.27. The number of halogens is 3. The molecule has 0 unspecified atom stereocenters. The molecule has 4 rings (SSSR count). The largest absolute Gasteiger partial charge is 0.444 e. The molecule has 0 radical (unpaired) electrons. The molecule has 7 nitrogen and oxygen atoms in total. The lowest BCUT2D eigenvalue weighted by molar-refractivity contribution is -0.139. The number of aryl methyl sites for hydroxylation is 1. The lowest BCUT2D eigenvalue weighted by Crippen LogP contribution is -2.45. The highest BCUT2D eigenvalue weighted by Crippen LogP contribution is 2.52. The minimum atomic E-state index is -4.62. The number of nitrogens with one attached hydrogen (secondary N) is 1. The molecule has 1 aliphatic carbocycles. The number of alkyl halides is 3. The fourth-order valence-corrected chi connectivity index (χ4v) is 4.78. The van der Waals surface area contributed by atoms with E-state index in [1.54, 1.807) is 58.6 Å². The molecule has 0 bridgehead atoms. The number of carbonyl (C=O) groups is 2. The lowest BCUT2D eigenvalue weighted by atomic mass is 10.0. The Labute approximate surface area is 190 Å². The van der Waals surface area contributed by atoms with Crippen LogP contribution in [0.1, 0.15) is 51.7 Å². The smallest absolute Gasteiger partial charge is 0.435 e. The maximum absolute atomic E-state index is 13.7. The Kier molecular flexibility index (Phi) is 5.22. The average Bonchev–Trinajstić information content (AvgIpc) is 3.00. The van der Waals surface area contributed by atoms with E-state index in [0.29, 0.717) is 18.7 Å². The maximum Gasteiger partial charge on any atom is 0.435 e. The number of aromatic nitrogens is 2. The molecule has 10 heteroatoms. The second-order valence-corrected chi connectivity index (χ2v) is 10.5. The van der Waals surface area contributed by atoms with Crippen LogP contribution in [-0.4, -0.2) is 45.0 Å². The first-order valence-corrected chi connectivity index (χ1v) is 11.0. The number of pyridine rings is 1. The zero-order valence-electron chi connectivity index (χ0n) is 19.6. The van der Waals surface area contributed by atoms with Gasteiger partial charge in [-0.15, -0.1) is 0 Å². The van der Waals surface area contributed by atoms with E-state index in [4.69, 9.17) is 4.74 Å². The Hall–Kier alpha value is -2.78. The Morgan fingerprint density at radius 3 is 2.27 bits per heavy atom. The van der Waals surface area contributed by atoms with E-state index < -0.39 is 29.1 Å². The molecule has 3 heterocycles. The number of amides is 2. The first kappa shape index (κ1) is 23.4. The van der Waals surface area contributed by atoms with Crippen LogP contribution < -0.4 is 5.32 Å². The van der Waals surface area contributed by atoms with Gasteiger partial charge in [-0.25, -0.2) is 9.78 Å². The summed E-state index contributed by atoms with van der Waals surface area (Å²) in [6.07, 6.45) is -3.49. The van der Waals surface area contributed by atoms with Gasteiger partial charge in [0.15, 0.2) is 5.69 Å². The van der Waals surface area contributed by atoms with Gasteiger partial charge in [-0.2, -0.15) is 13.2 Å². The highest BCUT2D eigenvalue weighted by Gasteiger charge is 2.61. The Balaban J connectivity index is 1.49. The lowest BCUT2D eigenvalue weighted by Gasteiger charge is -2.27. The Morgan fingerprint density at radius 2 is 1.73 bits per heavy atom. The normalized spacial score (nSPS) is 22.9. The van der Waals surface area contributed by atoms with Gasteiger partial charge in [0.05, 0.1) is 11.1 Å². The number of imidazole rings is 1. The molecule has 2 amide bonds. The molecule has 1 aliphatic heterocycles. The SMILES string of the molecule is Cc1cccn2c(C(C)(C)NC(=O)[C@H]3[C@@H]4CN(C(=O)OC(C)(C)C)C[C@@H]43)nc(C(F)(F)F)c12. The number of piperidine rings is 1. The van der Waals surface area contributed by atoms with Gasteiger partial charge in [0, 0.05) is 25.2 Å². The van der Waals surface area contributed by atoms with Gasteiger partial charge in [0.25, 0.3) is 0 Å². The highest BCUT2D eigenvalue weighted by molar-refractivity contribution is 5.84. The molecule has 3 atom stereocenters. The van der Waals surface area contributed by atoms with Crippen LogP contribution >= 0.6 is 0 Å². The summed E-state index contributed by atoms with van der Waals surface area (Å²) < 4.78 is 47.8. The standard InChI is InChI=1S/C23H29F3N4O3/c1-12-8-7-9-30-16(12)17(23(24,25)26)27-19(30)22(5,6)28-18(31)15-13-10-29(11-14(13)15)20(32)33-21(2,3)4/h7-9,13-15H,10-11H2,1-6H3,(H,28,31)/t13-,14+,15+. The molecule has 2 aromatic heterocycles. The first-order chi connectivity index (χ1) is 15.1. The summed E-state index contributed by atoms with van der Waals surface area (Å²) >= 11 is 0. The quantitative estimate of drug-likeness (QED) is 0.738. The van der Waals surface area contributed by atoms with E-state index in [1.165, 1.54) is 10.6 Å². The summed E-state index contributed by atoms with van der Waals surface area (Å²) in [4.78, 5) is 30.8. The van der Waals surface area contributed by atoms with Gasteiger partial charge in [-0.05, 0) is 65.0 Å². The van der Waals surface area contributed by atoms with Crippen molar-refractivity contribution in [2.45, 2.75) is 58.9 Å². The number of likely N-dealkylation sites (tertiary alicyclic amines) is 1. The average molecular weight is 467 g/mol. The maximum atomic E-state index is 13.7. The summed E-state index contributed by atoms with van der Waals surface area (Å²) in [7, 11) is 0. The van der Waals surface area contributed by atoms with Crippen molar-refractivity contribution in [3.63, 3.8) is 0 Å². The van der Waals surface area contributed by atoms with Gasteiger partial charge in [0.1, 0.15) is 11.4 Å². The predicted octanol–water partition coefficient (Wildman–Crippen LogP) is 4.13. The van der Waals surface area contributed by atoms with Crippen molar-refractivity contribution < 1.29 is 27.5 Å². The van der Waals surface area contributed by atoms with Crippen molar-refractivity contribution in [3.05, 3.63) is 35.4 Å². The van der Waals surface area contributed by atoms with Crippen LogP contribution in [0, 0.1) is 24.7 Å². The molecule has 2 fully saturated rings. The molecular formula is C23H29F3N4O3. The van der Waals surface area contributed by atoms with Crippen LogP contribution in [0.4, 0.5) is 18.0 Å². The van der Waals surface area contributed by atoms with Crippen molar-refractivity contribution in [2.24, 2.45) is 17.8 Å². The number of ether oxygens (including phenoxy) is 1. The van der Waals surface area contributed by atoms with Crippen molar-refractivity contribution in [1.29, 1.82) is 0 Å². The minimum absolute atomic E-state index is 0.0152. The van der Waals surface area contributed by atoms with Gasteiger partial charge in [-0.1, -0.05) is 6.07 Å². The van der Waals surface area contributed by atoms with E-state index in [0.717, 1.165) is 0 Å². The number of carbonyl (C=O) groups excluding carboxylic acids is 2. The van der Waals surface area contributed by atoms with Crippen LogP contribution in [0.5, 0.6) is 0 Å².